The normalized spacial score (nSPS) is 14.6. The summed E-state index contributed by atoms with van der Waals surface area (Å²) >= 11 is 0. The minimum Gasteiger partial charge on any atom is -0.391 e. The number of nitrogens with one attached hydrogen (secondary N) is 1. The van der Waals surface area contributed by atoms with E-state index in [-0.39, 0.29) is 24.2 Å². The molecule has 2 aromatic rings. The second-order valence-electron chi connectivity index (χ2n) is 7.02. The van der Waals surface area contributed by atoms with E-state index in [9.17, 15) is 14.3 Å². The van der Waals surface area contributed by atoms with Crippen LogP contribution in [0.15, 0.2) is 18.2 Å². The van der Waals surface area contributed by atoms with E-state index in [0.717, 1.165) is 36.1 Å². The van der Waals surface area contributed by atoms with Gasteiger partial charge in [-0.3, -0.25) is 4.79 Å². The summed E-state index contributed by atoms with van der Waals surface area (Å²) in [6, 6.07) is 5.00. The van der Waals surface area contributed by atoms with Crippen LogP contribution >= 0.6 is 0 Å². The third kappa shape index (κ3) is 3.44. The molecule has 1 aliphatic carbocycles. The largest absolute Gasteiger partial charge is 0.391 e. The average Bonchev–Trinajstić information content (AvgIpc) is 3.15. The van der Waals surface area contributed by atoms with Gasteiger partial charge in [-0.25, -0.2) is 9.07 Å². The summed E-state index contributed by atoms with van der Waals surface area (Å²) in [5.74, 6) is -0.603. The number of halogens is 1. The monoisotopic (exact) mass is 345 g/mol. The maximum Gasteiger partial charge on any atom is 0.272 e. The molecule has 1 unspecified atom stereocenters. The van der Waals surface area contributed by atoms with Crippen LogP contribution < -0.4 is 5.32 Å². The number of hydrogen-bond acceptors (Lipinski definition) is 3. The van der Waals surface area contributed by atoms with Gasteiger partial charge in [-0.05, 0) is 49.8 Å². The highest BCUT2D eigenvalue weighted by Gasteiger charge is 2.28. The maximum atomic E-state index is 14.4. The Morgan fingerprint density at radius 2 is 2.16 bits per heavy atom. The van der Waals surface area contributed by atoms with Crippen molar-refractivity contribution in [3.05, 3.63) is 46.5 Å². The number of hydrogen-bond donors (Lipinski definition) is 2. The first-order chi connectivity index (χ1) is 11.9. The summed E-state index contributed by atoms with van der Waals surface area (Å²) in [6.45, 7) is 5.79. The van der Waals surface area contributed by atoms with Gasteiger partial charge in [-0.15, -0.1) is 0 Å². The lowest BCUT2D eigenvalue weighted by atomic mass is 10.1. The molecule has 0 saturated carbocycles. The number of aliphatic hydroxyl groups excluding tert-OH is 1. The van der Waals surface area contributed by atoms with Crippen molar-refractivity contribution in [3.8, 4) is 5.69 Å². The van der Waals surface area contributed by atoms with Crippen LogP contribution in [-0.2, 0) is 12.8 Å². The van der Waals surface area contributed by atoms with Gasteiger partial charge in [0.25, 0.3) is 5.91 Å². The predicted molar refractivity (Wildman–Crippen MR) is 93.5 cm³/mol. The van der Waals surface area contributed by atoms with Crippen molar-refractivity contribution in [1.82, 2.24) is 15.1 Å². The number of benzene rings is 1. The minimum atomic E-state index is -0.603. The van der Waals surface area contributed by atoms with Gasteiger partial charge in [-0.2, -0.15) is 5.10 Å². The molecule has 0 fully saturated rings. The van der Waals surface area contributed by atoms with Crippen molar-refractivity contribution < 1.29 is 14.3 Å². The van der Waals surface area contributed by atoms with Crippen LogP contribution in [0.1, 0.15) is 47.6 Å². The molecule has 0 saturated heterocycles. The highest BCUT2D eigenvalue weighted by atomic mass is 19.1. The molecule has 25 heavy (non-hydrogen) atoms. The molecule has 5 nitrogen and oxygen atoms in total. The standard InChI is InChI=1S/C19H24FN3O2/c1-11(2)17(24)10-21-19(25)18-13-5-4-6-15(13)23(22-18)16-8-7-12(3)9-14(16)20/h7-9,11,17,24H,4-6,10H2,1-3H3,(H,21,25). The highest BCUT2D eigenvalue weighted by Crippen LogP contribution is 2.29. The number of aryl methyl sites for hydroxylation is 1. The molecule has 0 radical (unpaired) electrons. The quantitative estimate of drug-likeness (QED) is 0.875. The Balaban J connectivity index is 1.91. The molecule has 0 bridgehead atoms. The fraction of sp³-hybridized carbons (Fsp3) is 0.474. The van der Waals surface area contributed by atoms with Gasteiger partial charge in [0.2, 0.25) is 0 Å². The van der Waals surface area contributed by atoms with Crippen LogP contribution in [0.4, 0.5) is 4.39 Å². The molecule has 1 aliphatic rings. The van der Waals surface area contributed by atoms with Gasteiger partial charge in [-0.1, -0.05) is 19.9 Å². The van der Waals surface area contributed by atoms with Crippen molar-refractivity contribution in [2.45, 2.75) is 46.1 Å². The molecule has 134 valence electrons. The fourth-order valence-electron chi connectivity index (χ4n) is 3.12. The number of carbonyl (C=O) groups is 1. The number of fused-ring (bicyclic) bond motifs is 1. The van der Waals surface area contributed by atoms with Crippen molar-refractivity contribution in [3.63, 3.8) is 0 Å². The Kier molecular flexibility index (Phi) is 4.90. The van der Waals surface area contributed by atoms with Gasteiger partial charge in [0.05, 0.1) is 6.10 Å². The van der Waals surface area contributed by atoms with E-state index in [0.29, 0.717) is 11.4 Å². The molecule has 1 atom stereocenters. The number of rotatable bonds is 5. The van der Waals surface area contributed by atoms with Gasteiger partial charge in [0.1, 0.15) is 11.5 Å². The molecule has 1 aromatic carbocycles. The summed E-state index contributed by atoms with van der Waals surface area (Å²) < 4.78 is 15.9. The van der Waals surface area contributed by atoms with Gasteiger partial charge in [0.15, 0.2) is 5.69 Å². The topological polar surface area (TPSA) is 67.2 Å². The first-order valence-electron chi connectivity index (χ1n) is 8.72. The zero-order chi connectivity index (χ0) is 18.1. The molecular weight excluding hydrogens is 321 g/mol. The van der Waals surface area contributed by atoms with Crippen molar-refractivity contribution in [2.75, 3.05) is 6.54 Å². The number of aromatic nitrogens is 2. The Morgan fingerprint density at radius 1 is 1.40 bits per heavy atom. The van der Waals surface area contributed by atoms with Gasteiger partial charge < -0.3 is 10.4 Å². The molecule has 1 aromatic heterocycles. The Bertz CT molecular complexity index is 798. The van der Waals surface area contributed by atoms with Crippen molar-refractivity contribution in [2.24, 2.45) is 5.92 Å². The van der Waals surface area contributed by atoms with Crippen LogP contribution in [0.5, 0.6) is 0 Å². The van der Waals surface area contributed by atoms with Crippen LogP contribution in [0.3, 0.4) is 0 Å². The minimum absolute atomic E-state index is 0.0604. The second-order valence-corrected chi connectivity index (χ2v) is 7.02. The smallest absolute Gasteiger partial charge is 0.272 e. The van der Waals surface area contributed by atoms with E-state index in [1.807, 2.05) is 26.8 Å². The van der Waals surface area contributed by atoms with Crippen LogP contribution in [0, 0.1) is 18.7 Å². The van der Waals surface area contributed by atoms with E-state index in [4.69, 9.17) is 0 Å². The summed E-state index contributed by atoms with van der Waals surface area (Å²) in [5, 5.41) is 17.0. The Morgan fingerprint density at radius 3 is 2.84 bits per heavy atom. The molecule has 0 aliphatic heterocycles. The lowest BCUT2D eigenvalue weighted by Crippen LogP contribution is -2.35. The first-order valence-corrected chi connectivity index (χ1v) is 8.72. The van der Waals surface area contributed by atoms with E-state index >= 15 is 0 Å². The third-order valence-corrected chi connectivity index (χ3v) is 4.72. The van der Waals surface area contributed by atoms with Crippen LogP contribution in [-0.4, -0.2) is 33.4 Å². The summed E-state index contributed by atoms with van der Waals surface area (Å²) in [5.41, 5.74) is 3.33. The lowest BCUT2D eigenvalue weighted by molar-refractivity contribution is 0.0866. The Hall–Kier alpha value is -2.21. The molecule has 1 heterocycles. The molecule has 6 heteroatoms. The lowest BCUT2D eigenvalue weighted by Gasteiger charge is -2.14. The van der Waals surface area contributed by atoms with E-state index in [2.05, 4.69) is 10.4 Å². The maximum absolute atomic E-state index is 14.4. The Labute approximate surface area is 146 Å². The second kappa shape index (κ2) is 6.96. The number of amides is 1. The average molecular weight is 345 g/mol. The molecule has 0 spiro atoms. The summed E-state index contributed by atoms with van der Waals surface area (Å²) in [7, 11) is 0. The SMILES string of the molecule is Cc1ccc(-n2nc(C(=O)NCC(O)C(C)C)c3c2CCC3)c(F)c1. The summed E-state index contributed by atoms with van der Waals surface area (Å²) in [6.07, 6.45) is 1.86. The van der Waals surface area contributed by atoms with E-state index in [1.165, 1.54) is 6.07 Å². The molecule has 1 amide bonds. The zero-order valence-corrected chi connectivity index (χ0v) is 14.8. The highest BCUT2D eigenvalue weighted by molar-refractivity contribution is 5.94. The van der Waals surface area contributed by atoms with Crippen LogP contribution in [0.2, 0.25) is 0 Å². The number of aliphatic hydroxyl groups is 1. The number of nitrogens with zero attached hydrogens (tertiary/aromatic N) is 2. The van der Waals surface area contributed by atoms with Gasteiger partial charge >= 0.3 is 0 Å². The fourth-order valence-corrected chi connectivity index (χ4v) is 3.12. The molecular formula is C19H24FN3O2. The van der Waals surface area contributed by atoms with E-state index < -0.39 is 6.10 Å². The molecule has 2 N–H and O–H groups in total. The van der Waals surface area contributed by atoms with Crippen molar-refractivity contribution >= 4 is 5.91 Å². The molecule has 3 rings (SSSR count). The van der Waals surface area contributed by atoms with E-state index in [1.54, 1.807) is 10.7 Å². The predicted octanol–water partition coefficient (Wildman–Crippen LogP) is 2.56. The van der Waals surface area contributed by atoms with Gasteiger partial charge in [0, 0.05) is 17.8 Å². The zero-order valence-electron chi connectivity index (χ0n) is 14.8. The van der Waals surface area contributed by atoms with Crippen molar-refractivity contribution in [1.29, 1.82) is 0 Å². The summed E-state index contributed by atoms with van der Waals surface area (Å²) in [4.78, 5) is 12.5. The first kappa shape index (κ1) is 17.6. The third-order valence-electron chi connectivity index (χ3n) is 4.72. The van der Waals surface area contributed by atoms with Crippen LogP contribution in [0.25, 0.3) is 5.69 Å². The number of carbonyl (C=O) groups excluding carboxylic acids is 1.